The van der Waals surface area contributed by atoms with E-state index >= 15 is 0 Å². The summed E-state index contributed by atoms with van der Waals surface area (Å²) in [6.45, 7) is 16.5. The van der Waals surface area contributed by atoms with Crippen LogP contribution in [0.1, 0.15) is 103 Å². The Labute approximate surface area is 370 Å². The Bertz CT molecular complexity index is 2340. The molecular formula is C47H61N12O4+. The first-order chi connectivity index (χ1) is 30.6. The minimum absolute atomic E-state index is 0.0315. The van der Waals surface area contributed by atoms with E-state index in [1.807, 2.05) is 42.5 Å². The van der Waals surface area contributed by atoms with Gasteiger partial charge in [0.1, 0.15) is 35.8 Å². The number of piperidine rings is 1. The van der Waals surface area contributed by atoms with Crippen molar-refractivity contribution < 1.29 is 19.5 Å². The molecule has 0 saturated carbocycles. The molecule has 1 aromatic carbocycles. The average molecular weight is 858 g/mol. The smallest absolute Gasteiger partial charge is 0.374 e. The van der Waals surface area contributed by atoms with Crippen molar-refractivity contribution >= 4 is 29.3 Å². The highest BCUT2D eigenvalue weighted by atomic mass is 16.3. The molecule has 332 valence electrons. The zero-order valence-corrected chi connectivity index (χ0v) is 37.2. The monoisotopic (exact) mass is 857 g/mol. The zero-order valence-electron chi connectivity index (χ0n) is 37.2. The number of nitrogens with one attached hydrogen (secondary N) is 1. The molecule has 0 spiro atoms. The van der Waals surface area contributed by atoms with Crippen LogP contribution in [0, 0.1) is 16.7 Å². The maximum Gasteiger partial charge on any atom is 0.450 e. The number of pyridine rings is 2. The Morgan fingerprint density at radius 1 is 0.968 bits per heavy atom. The van der Waals surface area contributed by atoms with Crippen LogP contribution in [0.4, 0.5) is 11.6 Å². The molecular weight excluding hydrogens is 797 g/mol. The quantitative estimate of drug-likeness (QED) is 0.203. The molecule has 3 fully saturated rings. The Kier molecular flexibility index (Phi) is 12.6. The first-order valence-electron chi connectivity index (χ1n) is 22.9. The molecule has 6 aliphatic heterocycles. The van der Waals surface area contributed by atoms with Gasteiger partial charge in [-0.2, -0.15) is 5.10 Å². The fourth-order valence-corrected chi connectivity index (χ4v) is 10.2. The van der Waals surface area contributed by atoms with Gasteiger partial charge in [-0.25, -0.2) is 14.8 Å². The molecule has 9 rings (SSSR count). The van der Waals surface area contributed by atoms with Gasteiger partial charge in [0.05, 0.1) is 29.1 Å². The number of fused-ring (bicyclic) bond motifs is 2. The highest BCUT2D eigenvalue weighted by Crippen LogP contribution is 2.37. The molecule has 6 aliphatic rings. The topological polar surface area (TPSA) is 147 Å². The lowest BCUT2D eigenvalue weighted by Crippen LogP contribution is -2.47. The second kappa shape index (κ2) is 18.4. The van der Waals surface area contributed by atoms with Gasteiger partial charge in [-0.1, -0.05) is 24.0 Å². The third-order valence-electron chi connectivity index (χ3n) is 13.8. The number of nitroso groups, excluding NO2 is 1. The highest BCUT2D eigenvalue weighted by Gasteiger charge is 2.46. The number of aromatic nitrogens is 2. The molecule has 0 radical (unpaired) electrons. The molecule has 16 nitrogen and oxygen atoms in total. The molecule has 3 saturated heterocycles. The van der Waals surface area contributed by atoms with Gasteiger partial charge in [0.2, 0.25) is 6.54 Å². The van der Waals surface area contributed by atoms with Gasteiger partial charge >= 0.3 is 5.91 Å². The van der Waals surface area contributed by atoms with Crippen LogP contribution in [0.3, 0.4) is 0 Å². The number of anilines is 2. The number of hydrogen-bond donors (Lipinski definition) is 2. The van der Waals surface area contributed by atoms with Crippen molar-refractivity contribution in [2.24, 2.45) is 5.10 Å². The number of aliphatic hydroxyl groups excluding tert-OH is 1. The molecule has 4 atom stereocenters. The molecule has 2 amide bonds. The van der Waals surface area contributed by atoms with Gasteiger partial charge in [0, 0.05) is 80.9 Å². The molecule has 8 heterocycles. The van der Waals surface area contributed by atoms with Crippen LogP contribution in [-0.4, -0.2) is 153 Å². The van der Waals surface area contributed by atoms with Crippen LogP contribution in [0.5, 0.6) is 0 Å². The van der Waals surface area contributed by atoms with Crippen molar-refractivity contribution in [2.75, 3.05) is 82.3 Å². The van der Waals surface area contributed by atoms with Gasteiger partial charge < -0.3 is 24.7 Å². The number of piperazine rings is 1. The number of carbonyl (C=O) groups excluding carboxylic acids is 2. The van der Waals surface area contributed by atoms with Crippen molar-refractivity contribution in [3.05, 3.63) is 86.6 Å². The summed E-state index contributed by atoms with van der Waals surface area (Å²) in [6.07, 6.45) is 3.69. The van der Waals surface area contributed by atoms with E-state index in [0.717, 1.165) is 122 Å². The number of carbonyl (C=O) groups is 2. The Hall–Kier alpha value is -5.31. The number of hydrazone groups is 1. The van der Waals surface area contributed by atoms with E-state index in [0.29, 0.717) is 55.6 Å². The van der Waals surface area contributed by atoms with Crippen LogP contribution in [0.2, 0.25) is 0 Å². The van der Waals surface area contributed by atoms with Gasteiger partial charge in [0.15, 0.2) is 5.84 Å². The van der Waals surface area contributed by atoms with Crippen LogP contribution < -0.4 is 15.2 Å². The van der Waals surface area contributed by atoms with Crippen LogP contribution in [-0.2, 0) is 24.4 Å². The number of aliphatic hydroxyl groups is 1. The molecule has 3 aromatic rings. The minimum Gasteiger partial charge on any atom is -0.374 e. The first-order valence-corrected chi connectivity index (χ1v) is 22.9. The first kappa shape index (κ1) is 43.0. The van der Waals surface area contributed by atoms with E-state index in [1.54, 1.807) is 9.80 Å². The van der Waals surface area contributed by atoms with Crippen LogP contribution in [0.15, 0.2) is 47.6 Å². The Morgan fingerprint density at radius 3 is 2.59 bits per heavy atom. The number of amidine groups is 1. The van der Waals surface area contributed by atoms with Crippen molar-refractivity contribution in [2.45, 2.75) is 97.0 Å². The van der Waals surface area contributed by atoms with E-state index in [-0.39, 0.29) is 18.6 Å². The van der Waals surface area contributed by atoms with Crippen LogP contribution in [0.25, 0.3) is 0 Å². The average Bonchev–Trinajstić information content (AvgIpc) is 4.06. The van der Waals surface area contributed by atoms with E-state index in [9.17, 15) is 19.6 Å². The van der Waals surface area contributed by atoms with E-state index in [1.165, 1.54) is 0 Å². The summed E-state index contributed by atoms with van der Waals surface area (Å²) in [6, 6.07) is 13.5. The number of benzene rings is 1. The van der Waals surface area contributed by atoms with Crippen LogP contribution >= 0.6 is 0 Å². The number of nitrogens with zero attached hydrogens (tertiary/aromatic N) is 11. The van der Waals surface area contributed by atoms with Crippen molar-refractivity contribution in [3.8, 4) is 11.8 Å². The SMILES string of the molecule is CCN1C(c2cccc(N3Cc4c(cc(N5CCC[C@H]5C)nc4CN(C)CCCN4CCN(CC#Cc5ccc6c(c5)CN(C5CCC[N+](=O)C5=O)C6O)CC4)C3=O)n2)=NNC1C. The number of rotatable bonds is 12. The molecule has 0 bridgehead atoms. The lowest BCUT2D eigenvalue weighted by molar-refractivity contribution is -0.481. The summed E-state index contributed by atoms with van der Waals surface area (Å²) in [5, 5.41) is 15.5. The maximum absolute atomic E-state index is 14.2. The van der Waals surface area contributed by atoms with Crippen molar-refractivity contribution in [3.63, 3.8) is 0 Å². The van der Waals surface area contributed by atoms with Crippen molar-refractivity contribution in [1.82, 2.24) is 39.9 Å². The third-order valence-corrected chi connectivity index (χ3v) is 13.8. The predicted molar refractivity (Wildman–Crippen MR) is 241 cm³/mol. The van der Waals surface area contributed by atoms with Gasteiger partial charge in [-0.3, -0.25) is 24.9 Å². The lowest BCUT2D eigenvalue weighted by atomic mass is 10.0. The summed E-state index contributed by atoms with van der Waals surface area (Å²) >= 11 is 0. The molecule has 2 N–H and O–H groups in total. The summed E-state index contributed by atoms with van der Waals surface area (Å²) in [5.41, 5.74) is 9.21. The summed E-state index contributed by atoms with van der Waals surface area (Å²) in [7, 11) is 2.16. The maximum atomic E-state index is 14.2. The largest absolute Gasteiger partial charge is 0.450 e. The fraction of sp³-hybridized carbons (Fsp3) is 0.553. The van der Waals surface area contributed by atoms with E-state index in [4.69, 9.17) is 9.97 Å². The van der Waals surface area contributed by atoms with Gasteiger partial charge in [0.25, 0.3) is 5.91 Å². The molecule has 0 aliphatic carbocycles. The summed E-state index contributed by atoms with van der Waals surface area (Å²) in [5.74, 6) is 8.49. The number of hydrogen-bond acceptors (Lipinski definition) is 14. The summed E-state index contributed by atoms with van der Waals surface area (Å²) < 4.78 is 0.530. The van der Waals surface area contributed by atoms with E-state index in [2.05, 4.69) is 74.7 Å². The highest BCUT2D eigenvalue weighted by molar-refractivity contribution is 6.10. The lowest BCUT2D eigenvalue weighted by Gasteiger charge is -2.34. The minimum atomic E-state index is -0.892. The standard InChI is InChI=1S/C47H61N12O4/c1-5-55-33(3)50-51-44(55)39-13-6-15-42(48-39)58-30-38-37(46(58)61)28-43(56-21-7-11-32(56)2)49-40(38)31-52(4)18-10-20-54-25-23-53(24-26-54)19-8-12-34-16-17-36-35(27-34)29-57(45(36)60)41-14-9-22-59(63)47(41)62/h6,13,15-17,27-28,32-33,41,45,50,60H,5,7,9-11,14,18-26,29-31H2,1-4H3/q+1/t32-,33?,41?,45?/m1/s1. The van der Waals surface area contributed by atoms with E-state index < -0.39 is 18.2 Å². The summed E-state index contributed by atoms with van der Waals surface area (Å²) in [4.78, 5) is 64.3. The van der Waals surface area contributed by atoms with Gasteiger partial charge in [-0.05, 0) is 108 Å². The number of amides is 2. The zero-order chi connectivity index (χ0) is 43.8. The second-order valence-electron chi connectivity index (χ2n) is 18.0. The van der Waals surface area contributed by atoms with Crippen molar-refractivity contribution in [1.29, 1.82) is 0 Å². The fourth-order valence-electron chi connectivity index (χ4n) is 10.2. The third kappa shape index (κ3) is 8.82. The molecule has 16 heteroatoms. The predicted octanol–water partition coefficient (Wildman–Crippen LogP) is 3.32. The molecule has 2 aromatic heterocycles. The van der Waals surface area contributed by atoms with Gasteiger partial charge in [-0.15, -0.1) is 0 Å². The molecule has 3 unspecified atom stereocenters. The normalized spacial score (nSPS) is 24.3. The molecule has 63 heavy (non-hydrogen) atoms. The Balaban J connectivity index is 0.775. The Morgan fingerprint density at radius 2 is 1.79 bits per heavy atom. The second-order valence-corrected chi connectivity index (χ2v) is 18.0.